The van der Waals surface area contributed by atoms with E-state index in [1.807, 2.05) is 54.6 Å². The third-order valence-electron chi connectivity index (χ3n) is 12.5. The molecule has 2 aliphatic rings. The number of carbonyl (C=O) groups is 8. The second-order valence-corrected chi connectivity index (χ2v) is 17.4. The fourth-order valence-corrected chi connectivity index (χ4v) is 8.45. The number of fused-ring (bicyclic) bond motifs is 2. The Hall–Kier alpha value is -7.16. The number of H-pyrrole nitrogens is 1. The number of rotatable bonds is 11. The van der Waals surface area contributed by atoms with E-state index < -0.39 is 108 Å². The van der Waals surface area contributed by atoms with Crippen LogP contribution in [0.25, 0.3) is 10.9 Å². The van der Waals surface area contributed by atoms with Gasteiger partial charge in [-0.15, -0.1) is 5.10 Å². The Morgan fingerprint density at radius 3 is 2.30 bits per heavy atom. The van der Waals surface area contributed by atoms with Crippen molar-refractivity contribution in [2.24, 2.45) is 23.1 Å². The highest BCUT2D eigenvalue weighted by Crippen LogP contribution is 2.30. The summed E-state index contributed by atoms with van der Waals surface area (Å²) in [7, 11) is 0. The SMILES string of the molecule is CCC(C)[C@@H]1NC(=O)[C@H](CC(N)=O)NC(=O)[C@@H](N)CC(=O)NCCCC[C@@H](C(N)=O)NC(=O)[C@H](Cc2c[nH]c3ccccc23)NC(=O)[C@@H]2C[C@H](n3cc(CCc4ccccc4)nn3)CN2C1=O. The summed E-state index contributed by atoms with van der Waals surface area (Å²) in [6, 6.07) is 8.80. The van der Waals surface area contributed by atoms with E-state index in [-0.39, 0.29) is 32.4 Å². The van der Waals surface area contributed by atoms with Gasteiger partial charge >= 0.3 is 0 Å². The molecule has 2 aromatic heterocycles. The molecule has 6 rings (SSSR count). The molecule has 67 heavy (non-hydrogen) atoms. The van der Waals surface area contributed by atoms with E-state index in [1.165, 1.54) is 4.90 Å². The number of benzene rings is 2. The number of hydrogen-bond donors (Lipinski definition) is 9. The molecular weight excluding hydrogens is 863 g/mol. The van der Waals surface area contributed by atoms with E-state index in [0.29, 0.717) is 43.4 Å². The Morgan fingerprint density at radius 1 is 0.851 bits per heavy atom. The fourth-order valence-electron chi connectivity index (χ4n) is 8.45. The Bertz CT molecular complexity index is 2420. The first-order chi connectivity index (χ1) is 32.1. The minimum absolute atomic E-state index is 0.0162. The fraction of sp³-hybridized carbons (Fsp3) is 0.478. The number of nitrogens with one attached hydrogen (secondary N) is 6. The van der Waals surface area contributed by atoms with Gasteiger partial charge in [0.15, 0.2) is 0 Å². The van der Waals surface area contributed by atoms with Gasteiger partial charge in [0.25, 0.3) is 0 Å². The van der Waals surface area contributed by atoms with Crippen LogP contribution in [-0.2, 0) is 57.6 Å². The molecule has 8 atom stereocenters. The van der Waals surface area contributed by atoms with Crippen molar-refractivity contribution in [1.82, 2.24) is 51.5 Å². The van der Waals surface area contributed by atoms with Gasteiger partial charge < -0.3 is 53.7 Å². The van der Waals surface area contributed by atoms with Gasteiger partial charge in [-0.1, -0.05) is 74.0 Å². The van der Waals surface area contributed by atoms with Crippen LogP contribution in [0.3, 0.4) is 0 Å². The molecule has 2 aromatic carbocycles. The van der Waals surface area contributed by atoms with Crippen LogP contribution in [0.4, 0.5) is 0 Å². The maximum Gasteiger partial charge on any atom is 0.246 e. The molecule has 0 radical (unpaired) electrons. The molecule has 12 N–H and O–H groups in total. The largest absolute Gasteiger partial charge is 0.370 e. The Kier molecular flexibility index (Phi) is 16.8. The van der Waals surface area contributed by atoms with Gasteiger partial charge in [-0.25, -0.2) is 4.68 Å². The van der Waals surface area contributed by atoms with E-state index in [0.717, 1.165) is 16.5 Å². The zero-order chi connectivity index (χ0) is 48.2. The zero-order valence-electron chi connectivity index (χ0n) is 37.7. The van der Waals surface area contributed by atoms with Crippen molar-refractivity contribution in [2.45, 2.75) is 120 Å². The highest BCUT2D eigenvalue weighted by atomic mass is 16.2. The van der Waals surface area contributed by atoms with Crippen molar-refractivity contribution in [3.05, 3.63) is 83.8 Å². The molecule has 4 heterocycles. The second-order valence-electron chi connectivity index (χ2n) is 17.4. The van der Waals surface area contributed by atoms with Crippen LogP contribution in [0.15, 0.2) is 67.0 Å². The molecule has 8 amide bonds. The third kappa shape index (κ3) is 13.0. The molecule has 358 valence electrons. The lowest BCUT2D eigenvalue weighted by Gasteiger charge is -2.33. The molecule has 21 heteroatoms. The number of carbonyl (C=O) groups excluding carboxylic acids is 8. The van der Waals surface area contributed by atoms with Gasteiger partial charge in [-0.05, 0) is 55.2 Å². The van der Waals surface area contributed by atoms with Crippen molar-refractivity contribution in [3.8, 4) is 0 Å². The van der Waals surface area contributed by atoms with Gasteiger partial charge in [0.1, 0.15) is 30.2 Å². The molecule has 4 aromatic rings. The van der Waals surface area contributed by atoms with Crippen LogP contribution < -0.4 is 43.8 Å². The molecule has 2 aliphatic heterocycles. The molecular formula is C46H61N13O8. The average Bonchev–Trinajstić information content (AvgIpc) is 4.08. The number of hydrogen-bond acceptors (Lipinski definition) is 11. The van der Waals surface area contributed by atoms with Crippen LogP contribution in [0.5, 0.6) is 0 Å². The lowest BCUT2D eigenvalue weighted by atomic mass is 9.96. The van der Waals surface area contributed by atoms with Crippen molar-refractivity contribution in [1.29, 1.82) is 0 Å². The van der Waals surface area contributed by atoms with Gasteiger partial charge in [0.05, 0.1) is 30.6 Å². The zero-order valence-corrected chi connectivity index (χ0v) is 37.7. The van der Waals surface area contributed by atoms with Crippen LogP contribution in [0.2, 0.25) is 0 Å². The summed E-state index contributed by atoms with van der Waals surface area (Å²) in [4.78, 5) is 114. The van der Waals surface area contributed by atoms with Crippen LogP contribution in [0.1, 0.15) is 81.7 Å². The second kappa shape index (κ2) is 22.8. The number of primary amides is 2. The minimum Gasteiger partial charge on any atom is -0.370 e. The summed E-state index contributed by atoms with van der Waals surface area (Å²) in [6.45, 7) is 3.60. The van der Waals surface area contributed by atoms with Crippen molar-refractivity contribution in [2.75, 3.05) is 13.1 Å². The molecule has 2 saturated heterocycles. The maximum absolute atomic E-state index is 15.0. The number of aromatic nitrogens is 4. The number of para-hydroxylation sites is 1. The summed E-state index contributed by atoms with van der Waals surface area (Å²) >= 11 is 0. The molecule has 0 bridgehead atoms. The Morgan fingerprint density at radius 2 is 1.57 bits per heavy atom. The molecule has 0 spiro atoms. The molecule has 2 fully saturated rings. The monoisotopic (exact) mass is 923 g/mol. The number of amides is 8. The molecule has 0 aliphatic carbocycles. The standard InChI is InChI=1S/C46H61N13O8/c1-3-26(2)40-46(67)58-25-30(59-24-29(56-57-59)17-16-27-11-5-4-6-12-27)20-37(58)45(66)54-35(19-28-23-51-33-14-8-7-13-31(28)33)43(64)52-34(41(49)62)15-9-10-18-50-39(61)21-32(47)42(63)53-36(22-38(48)60)44(65)55-40/h4-8,11-14,23-24,26,30,32,34-37,40,51H,3,9-10,15-22,25,47H2,1-2H3,(H2,48,60)(H2,49,62)(H,50,61)(H,52,64)(H,53,63)(H,54,66)(H,55,65)/t26?,30-,32-,34-,35-,36-,37-,40-/m0/s1. The predicted octanol–water partition coefficient (Wildman–Crippen LogP) is -0.707. The highest BCUT2D eigenvalue weighted by molar-refractivity contribution is 5.99. The Labute approximate surface area is 387 Å². The Balaban J connectivity index is 1.36. The normalized spacial score (nSPS) is 24.7. The highest BCUT2D eigenvalue weighted by Gasteiger charge is 2.45. The smallest absolute Gasteiger partial charge is 0.246 e. The number of nitrogens with two attached hydrogens (primary N) is 3. The number of aromatic amines is 1. The lowest BCUT2D eigenvalue weighted by molar-refractivity contribution is -0.143. The number of nitrogens with zero attached hydrogens (tertiary/aromatic N) is 4. The lowest BCUT2D eigenvalue weighted by Crippen LogP contribution is -2.60. The van der Waals surface area contributed by atoms with E-state index in [4.69, 9.17) is 17.2 Å². The third-order valence-corrected chi connectivity index (χ3v) is 12.5. The van der Waals surface area contributed by atoms with E-state index >= 15 is 0 Å². The van der Waals surface area contributed by atoms with Crippen molar-refractivity contribution >= 4 is 58.2 Å². The summed E-state index contributed by atoms with van der Waals surface area (Å²) in [5.74, 6) is -6.75. The molecule has 0 saturated carbocycles. The van der Waals surface area contributed by atoms with Gasteiger partial charge in [0, 0.05) is 49.2 Å². The first-order valence-electron chi connectivity index (χ1n) is 22.7. The maximum atomic E-state index is 15.0. The molecule has 1 unspecified atom stereocenters. The van der Waals surface area contributed by atoms with E-state index in [9.17, 15) is 38.4 Å². The van der Waals surface area contributed by atoms with Gasteiger partial charge in [0.2, 0.25) is 47.3 Å². The van der Waals surface area contributed by atoms with Crippen molar-refractivity contribution in [3.63, 3.8) is 0 Å². The minimum atomic E-state index is -1.57. The van der Waals surface area contributed by atoms with E-state index in [1.54, 1.807) is 30.9 Å². The van der Waals surface area contributed by atoms with Crippen LogP contribution in [0, 0.1) is 5.92 Å². The quantitative estimate of drug-likeness (QED) is 0.0905. The topological polar surface area (TPSA) is 325 Å². The summed E-state index contributed by atoms with van der Waals surface area (Å²) in [5.41, 5.74) is 20.6. The molecule has 21 nitrogen and oxygen atoms in total. The van der Waals surface area contributed by atoms with Crippen molar-refractivity contribution < 1.29 is 38.4 Å². The van der Waals surface area contributed by atoms with Crippen LogP contribution in [-0.4, -0.2) is 121 Å². The van der Waals surface area contributed by atoms with Gasteiger partial charge in [-0.3, -0.25) is 38.4 Å². The average molecular weight is 924 g/mol. The summed E-state index contributed by atoms with van der Waals surface area (Å²) in [5, 5.41) is 23.0. The predicted molar refractivity (Wildman–Crippen MR) is 245 cm³/mol. The number of aryl methyl sites for hydroxylation is 2. The first-order valence-corrected chi connectivity index (χ1v) is 22.7. The first kappa shape index (κ1) is 49.3. The van der Waals surface area contributed by atoms with Crippen LogP contribution >= 0.6 is 0 Å². The summed E-state index contributed by atoms with van der Waals surface area (Å²) < 4.78 is 1.61. The van der Waals surface area contributed by atoms with Gasteiger partial charge in [-0.2, -0.15) is 0 Å². The summed E-state index contributed by atoms with van der Waals surface area (Å²) in [6.07, 6.45) is 4.83. The van der Waals surface area contributed by atoms with E-state index in [2.05, 4.69) is 41.9 Å².